The largest absolute Gasteiger partial charge is 0.362 e. The highest BCUT2D eigenvalue weighted by Gasteiger charge is 2.22. The van der Waals surface area contributed by atoms with Gasteiger partial charge in [0.15, 0.2) is 5.82 Å². The van der Waals surface area contributed by atoms with Gasteiger partial charge in [-0.25, -0.2) is 9.97 Å². The molecule has 5 rings (SSSR count). The number of nitrogens with one attached hydrogen (secondary N) is 1. The molecule has 0 bridgehead atoms. The number of halogens is 1. The highest BCUT2D eigenvalue weighted by atomic mass is 35.5. The number of aromatic nitrogens is 5. The molecular formula is C20H19ClN6S2. The minimum Gasteiger partial charge on any atom is -0.362 e. The van der Waals surface area contributed by atoms with Crippen molar-refractivity contribution in [2.24, 2.45) is 7.05 Å². The molecule has 4 aromatic rings. The Hall–Kier alpha value is -2.16. The summed E-state index contributed by atoms with van der Waals surface area (Å²) in [4.78, 5) is 13.5. The molecule has 1 aliphatic rings. The van der Waals surface area contributed by atoms with Crippen molar-refractivity contribution in [1.82, 2.24) is 24.7 Å². The maximum absolute atomic E-state index is 5.99. The van der Waals surface area contributed by atoms with Gasteiger partial charge < -0.3 is 9.88 Å². The van der Waals surface area contributed by atoms with Crippen LogP contribution in [0.1, 0.15) is 28.5 Å². The van der Waals surface area contributed by atoms with E-state index in [4.69, 9.17) is 21.6 Å². The van der Waals surface area contributed by atoms with Gasteiger partial charge in [0, 0.05) is 21.8 Å². The summed E-state index contributed by atoms with van der Waals surface area (Å²) in [6.07, 6.45) is 5.18. The van der Waals surface area contributed by atoms with E-state index in [0.29, 0.717) is 12.3 Å². The number of benzene rings is 1. The van der Waals surface area contributed by atoms with Gasteiger partial charge in [0.05, 0.1) is 17.7 Å². The number of hydrogen-bond acceptors (Lipinski definition) is 7. The molecule has 1 aromatic carbocycles. The number of thioether (sulfide) groups is 1. The quantitative estimate of drug-likeness (QED) is 0.430. The maximum Gasteiger partial charge on any atom is 0.151 e. The fourth-order valence-corrected chi connectivity index (χ4v) is 5.70. The first kappa shape index (κ1) is 18.8. The van der Waals surface area contributed by atoms with Crippen LogP contribution in [0.4, 0.5) is 5.82 Å². The fourth-order valence-electron chi connectivity index (χ4n) is 3.54. The van der Waals surface area contributed by atoms with Crippen LogP contribution in [0.15, 0.2) is 35.5 Å². The zero-order valence-electron chi connectivity index (χ0n) is 15.9. The van der Waals surface area contributed by atoms with Gasteiger partial charge in [0.1, 0.15) is 22.8 Å². The molecule has 6 nitrogen and oxygen atoms in total. The van der Waals surface area contributed by atoms with Gasteiger partial charge in [-0.15, -0.1) is 33.3 Å². The number of anilines is 1. The SMILES string of the molecule is Cn1cnnc1CNc1nc(CSc2ccc(Cl)cc2)nc2sc3c(c12)CCC3. The molecule has 0 fully saturated rings. The predicted molar refractivity (Wildman–Crippen MR) is 119 cm³/mol. The third-order valence-corrected chi connectivity index (χ3v) is 7.46. The van der Waals surface area contributed by atoms with Crippen molar-refractivity contribution in [3.05, 3.63) is 57.7 Å². The van der Waals surface area contributed by atoms with Crippen LogP contribution in [0.5, 0.6) is 0 Å². The van der Waals surface area contributed by atoms with Crippen LogP contribution in [-0.2, 0) is 32.2 Å². The van der Waals surface area contributed by atoms with Gasteiger partial charge in [-0.2, -0.15) is 0 Å². The Kier molecular flexibility index (Phi) is 5.15. The van der Waals surface area contributed by atoms with Gasteiger partial charge in [-0.3, -0.25) is 0 Å². The van der Waals surface area contributed by atoms with Crippen molar-refractivity contribution < 1.29 is 0 Å². The first-order chi connectivity index (χ1) is 14.2. The minimum absolute atomic E-state index is 0.580. The number of fused-ring (bicyclic) bond motifs is 3. The summed E-state index contributed by atoms with van der Waals surface area (Å²) in [6.45, 7) is 0.580. The van der Waals surface area contributed by atoms with Crippen LogP contribution in [0.2, 0.25) is 5.02 Å². The fraction of sp³-hybridized carbons (Fsp3) is 0.300. The summed E-state index contributed by atoms with van der Waals surface area (Å²) in [5, 5.41) is 13.6. The lowest BCUT2D eigenvalue weighted by Gasteiger charge is -2.10. The van der Waals surface area contributed by atoms with E-state index in [-0.39, 0.29) is 0 Å². The summed E-state index contributed by atoms with van der Waals surface area (Å²) >= 11 is 9.52. The molecule has 1 aliphatic carbocycles. The van der Waals surface area contributed by atoms with E-state index in [1.807, 2.05) is 47.2 Å². The lowest BCUT2D eigenvalue weighted by atomic mass is 10.2. The van der Waals surface area contributed by atoms with E-state index < -0.39 is 0 Å². The summed E-state index contributed by atoms with van der Waals surface area (Å²) < 4.78 is 1.92. The van der Waals surface area contributed by atoms with Crippen LogP contribution in [0, 0.1) is 0 Å². The standard InChI is InChI=1S/C20H19ClN6S2/c1-27-11-23-26-17(27)9-22-19-18-14-3-2-4-15(14)29-20(18)25-16(24-19)10-28-13-7-5-12(21)6-8-13/h5-8,11H,2-4,9-10H2,1H3,(H,22,24,25). The lowest BCUT2D eigenvalue weighted by molar-refractivity contribution is 0.810. The second kappa shape index (κ2) is 7.93. The molecule has 0 radical (unpaired) electrons. The van der Waals surface area contributed by atoms with E-state index in [1.54, 1.807) is 18.1 Å². The molecule has 3 heterocycles. The van der Waals surface area contributed by atoms with E-state index in [1.165, 1.54) is 22.2 Å². The molecule has 148 valence electrons. The first-order valence-electron chi connectivity index (χ1n) is 9.43. The van der Waals surface area contributed by atoms with Crippen molar-refractivity contribution in [2.45, 2.75) is 36.5 Å². The minimum atomic E-state index is 0.580. The molecule has 29 heavy (non-hydrogen) atoms. The van der Waals surface area contributed by atoms with Crippen LogP contribution in [0.25, 0.3) is 10.2 Å². The average Bonchev–Trinajstić information content (AvgIpc) is 3.41. The Bertz CT molecular complexity index is 1170. The van der Waals surface area contributed by atoms with Crippen molar-refractivity contribution in [3.8, 4) is 0 Å². The zero-order valence-corrected chi connectivity index (χ0v) is 18.2. The van der Waals surface area contributed by atoms with E-state index >= 15 is 0 Å². The van der Waals surface area contributed by atoms with Crippen LogP contribution < -0.4 is 5.32 Å². The topological polar surface area (TPSA) is 68.5 Å². The third-order valence-electron chi connectivity index (χ3n) is 5.01. The number of aryl methyl sites for hydroxylation is 3. The normalized spacial score (nSPS) is 13.2. The van der Waals surface area contributed by atoms with Crippen LogP contribution in [-0.4, -0.2) is 24.7 Å². The van der Waals surface area contributed by atoms with E-state index in [2.05, 4.69) is 15.5 Å². The highest BCUT2D eigenvalue weighted by Crippen LogP contribution is 2.40. The van der Waals surface area contributed by atoms with Crippen molar-refractivity contribution >= 4 is 50.7 Å². The summed E-state index contributed by atoms with van der Waals surface area (Å²) in [7, 11) is 1.95. The number of rotatable bonds is 6. The smallest absolute Gasteiger partial charge is 0.151 e. The number of nitrogens with zero attached hydrogens (tertiary/aromatic N) is 5. The molecule has 0 amide bonds. The first-order valence-corrected chi connectivity index (χ1v) is 11.6. The number of hydrogen-bond donors (Lipinski definition) is 1. The Morgan fingerprint density at radius 2 is 2.07 bits per heavy atom. The van der Waals surface area contributed by atoms with Crippen LogP contribution >= 0.6 is 34.7 Å². The Morgan fingerprint density at radius 3 is 2.86 bits per heavy atom. The molecule has 0 saturated heterocycles. The molecule has 9 heteroatoms. The van der Waals surface area contributed by atoms with E-state index in [0.717, 1.165) is 45.1 Å². The van der Waals surface area contributed by atoms with E-state index in [9.17, 15) is 0 Å². The zero-order chi connectivity index (χ0) is 19.8. The molecule has 1 N–H and O–H groups in total. The average molecular weight is 443 g/mol. The van der Waals surface area contributed by atoms with Gasteiger partial charge in [0.2, 0.25) is 0 Å². The molecule has 0 spiro atoms. The Labute approximate surface area is 181 Å². The molecule has 0 unspecified atom stereocenters. The van der Waals surface area contributed by atoms with Gasteiger partial charge >= 0.3 is 0 Å². The molecule has 0 atom stereocenters. The summed E-state index contributed by atoms with van der Waals surface area (Å²) in [5.41, 5.74) is 1.42. The Morgan fingerprint density at radius 1 is 1.21 bits per heavy atom. The van der Waals surface area contributed by atoms with Crippen molar-refractivity contribution in [3.63, 3.8) is 0 Å². The van der Waals surface area contributed by atoms with Gasteiger partial charge in [-0.1, -0.05) is 11.6 Å². The lowest BCUT2D eigenvalue weighted by Crippen LogP contribution is -2.09. The second-order valence-corrected chi connectivity index (χ2v) is 9.55. The molecule has 0 aliphatic heterocycles. The van der Waals surface area contributed by atoms with Gasteiger partial charge in [-0.05, 0) is 49.1 Å². The number of thiophene rings is 1. The second-order valence-electron chi connectivity index (χ2n) is 6.98. The van der Waals surface area contributed by atoms with Crippen molar-refractivity contribution in [2.75, 3.05) is 5.32 Å². The maximum atomic E-state index is 5.99. The highest BCUT2D eigenvalue weighted by molar-refractivity contribution is 7.98. The molecular weight excluding hydrogens is 424 g/mol. The third kappa shape index (κ3) is 3.84. The summed E-state index contributed by atoms with van der Waals surface area (Å²) in [5.74, 6) is 3.32. The summed E-state index contributed by atoms with van der Waals surface area (Å²) in [6, 6.07) is 7.87. The molecule has 3 aromatic heterocycles. The Balaban J connectivity index is 1.45. The monoisotopic (exact) mass is 442 g/mol. The predicted octanol–water partition coefficient (Wildman–Crippen LogP) is 4.87. The van der Waals surface area contributed by atoms with Gasteiger partial charge in [0.25, 0.3) is 0 Å². The van der Waals surface area contributed by atoms with Crippen LogP contribution in [0.3, 0.4) is 0 Å². The molecule has 0 saturated carbocycles. The van der Waals surface area contributed by atoms with Crippen molar-refractivity contribution in [1.29, 1.82) is 0 Å².